The second kappa shape index (κ2) is 9.52. The van der Waals surface area contributed by atoms with Gasteiger partial charge in [0.2, 0.25) is 11.8 Å². The minimum absolute atomic E-state index is 0.0243. The number of thiophene rings is 1. The van der Waals surface area contributed by atoms with Crippen molar-refractivity contribution >= 4 is 23.2 Å². The average Bonchev–Trinajstić information content (AvgIpc) is 3.40. The Bertz CT molecular complexity index is 806. The third-order valence-corrected chi connectivity index (χ3v) is 6.60. The molecule has 3 heterocycles. The van der Waals surface area contributed by atoms with Crippen LogP contribution in [-0.4, -0.2) is 61.0 Å². The van der Waals surface area contributed by atoms with E-state index in [0.29, 0.717) is 26.1 Å². The summed E-state index contributed by atoms with van der Waals surface area (Å²) >= 11 is 1.71. The number of nitrogens with zero attached hydrogens (tertiary/aromatic N) is 2. The zero-order valence-corrected chi connectivity index (χ0v) is 17.3. The lowest BCUT2D eigenvalue weighted by atomic mass is 10.1. The van der Waals surface area contributed by atoms with Crippen LogP contribution < -0.4 is 5.32 Å². The first-order chi connectivity index (χ1) is 14.2. The molecular formula is C22H27N3O3S. The summed E-state index contributed by atoms with van der Waals surface area (Å²) in [5.41, 5.74) is 1.09. The fraction of sp³-hybridized carbons (Fsp3) is 0.455. The number of morpholine rings is 1. The van der Waals surface area contributed by atoms with Crippen molar-refractivity contribution < 1.29 is 14.3 Å². The van der Waals surface area contributed by atoms with E-state index < -0.39 is 0 Å². The first-order valence-electron chi connectivity index (χ1n) is 10.2. The zero-order chi connectivity index (χ0) is 20.1. The van der Waals surface area contributed by atoms with E-state index in [9.17, 15) is 9.59 Å². The molecule has 2 amide bonds. The number of amides is 2. The Balaban J connectivity index is 1.34. The molecule has 2 saturated heterocycles. The number of nitrogens with one attached hydrogen (secondary N) is 1. The Morgan fingerprint density at radius 3 is 2.69 bits per heavy atom. The van der Waals surface area contributed by atoms with Gasteiger partial charge in [0, 0.05) is 44.0 Å². The van der Waals surface area contributed by atoms with Crippen LogP contribution in [-0.2, 0) is 20.9 Å². The number of carbonyl (C=O) groups excluding carboxylic acids is 2. The van der Waals surface area contributed by atoms with Crippen LogP contribution >= 0.6 is 11.3 Å². The maximum absolute atomic E-state index is 12.8. The molecule has 29 heavy (non-hydrogen) atoms. The Morgan fingerprint density at radius 2 is 1.97 bits per heavy atom. The van der Waals surface area contributed by atoms with E-state index in [2.05, 4.69) is 21.7 Å². The van der Waals surface area contributed by atoms with Gasteiger partial charge in [-0.1, -0.05) is 36.4 Å². The molecule has 0 bridgehead atoms. The van der Waals surface area contributed by atoms with Crippen molar-refractivity contribution in [3.63, 3.8) is 0 Å². The number of ether oxygens (including phenoxy) is 1. The summed E-state index contributed by atoms with van der Waals surface area (Å²) < 4.78 is 5.48. The number of hydrogen-bond donors (Lipinski definition) is 1. The molecular weight excluding hydrogens is 386 g/mol. The van der Waals surface area contributed by atoms with E-state index in [1.54, 1.807) is 16.2 Å². The highest BCUT2D eigenvalue weighted by Crippen LogP contribution is 2.26. The molecule has 154 valence electrons. The smallest absolute Gasteiger partial charge is 0.225 e. The summed E-state index contributed by atoms with van der Waals surface area (Å²) in [7, 11) is 0. The maximum Gasteiger partial charge on any atom is 0.225 e. The van der Waals surface area contributed by atoms with Gasteiger partial charge in [0.1, 0.15) is 0 Å². The Morgan fingerprint density at radius 1 is 1.17 bits per heavy atom. The molecule has 0 aliphatic carbocycles. The van der Waals surface area contributed by atoms with E-state index in [1.807, 2.05) is 36.4 Å². The van der Waals surface area contributed by atoms with E-state index in [4.69, 9.17) is 4.74 Å². The second-order valence-corrected chi connectivity index (χ2v) is 8.56. The Kier molecular flexibility index (Phi) is 6.59. The lowest BCUT2D eigenvalue weighted by molar-refractivity contribution is -0.129. The highest BCUT2D eigenvalue weighted by atomic mass is 32.1. The molecule has 2 aliphatic rings. The molecule has 2 aromatic rings. The molecule has 2 aliphatic heterocycles. The first-order valence-corrected chi connectivity index (χ1v) is 11.0. The molecule has 1 aromatic heterocycles. The van der Waals surface area contributed by atoms with Crippen LogP contribution in [0.15, 0.2) is 47.8 Å². The van der Waals surface area contributed by atoms with Gasteiger partial charge in [0.25, 0.3) is 0 Å². The van der Waals surface area contributed by atoms with Gasteiger partial charge in [0.15, 0.2) is 0 Å². The van der Waals surface area contributed by atoms with Crippen molar-refractivity contribution in [1.82, 2.24) is 15.1 Å². The molecule has 2 atom stereocenters. The van der Waals surface area contributed by atoms with E-state index in [0.717, 1.165) is 31.9 Å². The molecule has 4 rings (SSSR count). The normalized spacial score (nSPS) is 21.3. The van der Waals surface area contributed by atoms with Crippen molar-refractivity contribution in [3.05, 3.63) is 58.3 Å². The highest BCUT2D eigenvalue weighted by Gasteiger charge is 2.34. The van der Waals surface area contributed by atoms with E-state index >= 15 is 0 Å². The molecule has 0 spiro atoms. The van der Waals surface area contributed by atoms with Gasteiger partial charge in [-0.25, -0.2) is 0 Å². The third-order valence-electron chi connectivity index (χ3n) is 5.63. The first kappa shape index (κ1) is 20.1. The lowest BCUT2D eigenvalue weighted by Gasteiger charge is -2.34. The van der Waals surface area contributed by atoms with Gasteiger partial charge >= 0.3 is 0 Å². The fourth-order valence-electron chi connectivity index (χ4n) is 4.03. The molecule has 0 radical (unpaired) electrons. The fourth-order valence-corrected chi connectivity index (χ4v) is 4.89. The molecule has 7 heteroatoms. The quantitative estimate of drug-likeness (QED) is 0.757. The number of hydrogen-bond acceptors (Lipinski definition) is 5. The average molecular weight is 414 g/mol. The van der Waals surface area contributed by atoms with Crippen LogP contribution in [0.2, 0.25) is 0 Å². The largest absolute Gasteiger partial charge is 0.379 e. The van der Waals surface area contributed by atoms with Gasteiger partial charge in [-0.15, -0.1) is 11.3 Å². The summed E-state index contributed by atoms with van der Waals surface area (Å²) in [6.45, 7) is 4.79. The van der Waals surface area contributed by atoms with Crippen LogP contribution in [0.5, 0.6) is 0 Å². The molecule has 0 saturated carbocycles. The van der Waals surface area contributed by atoms with Crippen molar-refractivity contribution in [2.45, 2.75) is 19.0 Å². The summed E-state index contributed by atoms with van der Waals surface area (Å²) in [5.74, 6) is -0.249. The van der Waals surface area contributed by atoms with E-state index in [1.165, 1.54) is 4.88 Å². The minimum Gasteiger partial charge on any atom is -0.379 e. The van der Waals surface area contributed by atoms with Gasteiger partial charge in [-0.05, 0) is 17.0 Å². The predicted octanol–water partition coefficient (Wildman–Crippen LogP) is 2.29. The zero-order valence-electron chi connectivity index (χ0n) is 16.5. The summed E-state index contributed by atoms with van der Waals surface area (Å²) in [5, 5.41) is 5.19. The van der Waals surface area contributed by atoms with Gasteiger partial charge in [-0.2, -0.15) is 0 Å². The van der Waals surface area contributed by atoms with Crippen molar-refractivity contribution in [2.75, 3.05) is 39.4 Å². The number of rotatable bonds is 7. The number of benzene rings is 1. The predicted molar refractivity (Wildman–Crippen MR) is 112 cm³/mol. The summed E-state index contributed by atoms with van der Waals surface area (Å²) in [6, 6.07) is 14.2. The lowest BCUT2D eigenvalue weighted by Crippen LogP contribution is -2.44. The molecule has 2 unspecified atom stereocenters. The van der Waals surface area contributed by atoms with E-state index in [-0.39, 0.29) is 23.8 Å². The standard InChI is InChI=1S/C22H27N3O3S/c26-21-13-18(16-25(21)15-17-5-2-1-3-6-17)22(27)23-14-19(20-7-4-12-29-20)24-8-10-28-11-9-24/h1-7,12,18-19H,8-11,13-16H2,(H,23,27). The van der Waals surface area contributed by atoms with Crippen LogP contribution in [0.25, 0.3) is 0 Å². The number of carbonyl (C=O) groups is 2. The molecule has 2 fully saturated rings. The molecule has 1 aromatic carbocycles. The number of likely N-dealkylation sites (tertiary alicyclic amines) is 1. The topological polar surface area (TPSA) is 61.9 Å². The van der Waals surface area contributed by atoms with Crippen molar-refractivity contribution in [2.24, 2.45) is 5.92 Å². The minimum atomic E-state index is -0.278. The maximum atomic E-state index is 12.8. The van der Waals surface area contributed by atoms with Crippen LogP contribution in [0.4, 0.5) is 0 Å². The van der Waals surface area contributed by atoms with Crippen LogP contribution in [0.1, 0.15) is 22.9 Å². The molecule has 6 nitrogen and oxygen atoms in total. The third kappa shape index (κ3) is 5.04. The summed E-state index contributed by atoms with van der Waals surface area (Å²) in [6.07, 6.45) is 0.292. The Labute approximate surface area is 175 Å². The Hall–Kier alpha value is -2.22. The highest BCUT2D eigenvalue weighted by molar-refractivity contribution is 7.10. The summed E-state index contributed by atoms with van der Waals surface area (Å²) in [4.78, 5) is 30.6. The van der Waals surface area contributed by atoms with Gasteiger partial charge < -0.3 is 15.0 Å². The van der Waals surface area contributed by atoms with Crippen LogP contribution in [0, 0.1) is 5.92 Å². The van der Waals surface area contributed by atoms with Gasteiger partial charge in [0.05, 0.1) is 25.2 Å². The second-order valence-electron chi connectivity index (χ2n) is 7.59. The van der Waals surface area contributed by atoms with Crippen molar-refractivity contribution in [3.8, 4) is 0 Å². The SMILES string of the molecule is O=C(NCC(c1cccs1)N1CCOCC1)C1CC(=O)N(Cc2ccccc2)C1. The van der Waals surface area contributed by atoms with Crippen LogP contribution in [0.3, 0.4) is 0 Å². The van der Waals surface area contributed by atoms with Gasteiger partial charge in [-0.3, -0.25) is 14.5 Å². The molecule has 1 N–H and O–H groups in total. The van der Waals surface area contributed by atoms with Crippen molar-refractivity contribution in [1.29, 1.82) is 0 Å². The monoisotopic (exact) mass is 413 g/mol.